The van der Waals surface area contributed by atoms with E-state index in [0.29, 0.717) is 30.9 Å². The summed E-state index contributed by atoms with van der Waals surface area (Å²) in [6.07, 6.45) is 2.67. The molecule has 1 N–H and O–H groups in total. The van der Waals surface area contributed by atoms with Gasteiger partial charge in [-0.25, -0.2) is 13.6 Å². The molecular formula is C25H26ClF2NO4. The Labute approximate surface area is 196 Å². The summed E-state index contributed by atoms with van der Waals surface area (Å²) >= 11 is 6.06. The van der Waals surface area contributed by atoms with Crippen LogP contribution in [-0.2, 0) is 21.3 Å². The summed E-state index contributed by atoms with van der Waals surface area (Å²) in [4.78, 5) is 11.9. The van der Waals surface area contributed by atoms with Gasteiger partial charge < -0.3 is 19.5 Å². The zero-order chi connectivity index (χ0) is 23.0. The number of fused-ring (bicyclic) bond motifs is 3. The summed E-state index contributed by atoms with van der Waals surface area (Å²) in [5.41, 5.74) is 0.531. The van der Waals surface area contributed by atoms with Gasteiger partial charge in [0.05, 0.1) is 19.3 Å². The topological polar surface area (TPSA) is 56.8 Å². The highest BCUT2D eigenvalue weighted by molar-refractivity contribution is 6.30. The smallest absolute Gasteiger partial charge is 0.407 e. The first kappa shape index (κ1) is 22.4. The van der Waals surface area contributed by atoms with Crippen molar-refractivity contribution in [2.75, 3.05) is 19.8 Å². The van der Waals surface area contributed by atoms with Gasteiger partial charge in [0.15, 0.2) is 11.6 Å². The Hall–Kier alpha value is -2.38. The zero-order valence-electron chi connectivity index (χ0n) is 18.1. The second-order valence-corrected chi connectivity index (χ2v) is 9.55. The molecule has 2 heterocycles. The van der Waals surface area contributed by atoms with Gasteiger partial charge in [-0.1, -0.05) is 23.7 Å². The number of carbonyl (C=O) groups is 1. The van der Waals surface area contributed by atoms with E-state index in [1.807, 2.05) is 12.1 Å². The summed E-state index contributed by atoms with van der Waals surface area (Å²) in [5, 5.41) is 3.41. The fourth-order valence-corrected chi connectivity index (χ4v) is 5.33. The van der Waals surface area contributed by atoms with E-state index in [2.05, 4.69) is 5.32 Å². The average Bonchev–Trinajstić information content (AvgIpc) is 3.61. The van der Waals surface area contributed by atoms with E-state index in [1.165, 1.54) is 6.07 Å². The Kier molecular flexibility index (Phi) is 6.18. The van der Waals surface area contributed by atoms with Crippen LogP contribution in [0, 0.1) is 17.6 Å². The summed E-state index contributed by atoms with van der Waals surface area (Å²) in [5.74, 6) is -1.30. The van der Waals surface area contributed by atoms with Crippen LogP contribution in [-0.4, -0.2) is 38.1 Å². The standard InChI is InChI=1S/C25H26ClF2NO4/c26-16-3-1-15(2-4-16)13-25-10-12-31-21(9-11-32-24(30)29-17-5-6-17)18(25)14-33-23-20(28)8-7-19(27)22(23)25/h1-4,7-8,17-18,21H,5-6,9-14H2,(H,29,30)/t18-,21-,25-/m1/s1. The van der Waals surface area contributed by atoms with Gasteiger partial charge in [-0.15, -0.1) is 0 Å². The highest BCUT2D eigenvalue weighted by Gasteiger charge is 2.53. The molecule has 1 saturated heterocycles. The third kappa shape index (κ3) is 4.53. The lowest BCUT2D eigenvalue weighted by molar-refractivity contribution is -0.103. The minimum atomic E-state index is -0.715. The second-order valence-electron chi connectivity index (χ2n) is 9.11. The van der Waals surface area contributed by atoms with Crippen molar-refractivity contribution in [3.63, 3.8) is 0 Å². The Morgan fingerprint density at radius 1 is 1.15 bits per heavy atom. The highest BCUT2D eigenvalue weighted by atomic mass is 35.5. The monoisotopic (exact) mass is 477 g/mol. The summed E-state index contributed by atoms with van der Waals surface area (Å²) < 4.78 is 47.1. The van der Waals surface area contributed by atoms with Crippen molar-refractivity contribution in [2.45, 2.75) is 49.7 Å². The van der Waals surface area contributed by atoms with Gasteiger partial charge in [-0.3, -0.25) is 0 Å². The number of hydrogen-bond acceptors (Lipinski definition) is 4. The molecule has 176 valence electrons. The molecule has 8 heteroatoms. The number of amides is 1. The summed E-state index contributed by atoms with van der Waals surface area (Å²) in [6, 6.07) is 9.91. The Morgan fingerprint density at radius 3 is 2.67 bits per heavy atom. The molecule has 0 spiro atoms. The highest BCUT2D eigenvalue weighted by Crippen LogP contribution is 2.52. The van der Waals surface area contributed by atoms with Gasteiger partial charge in [-0.2, -0.15) is 0 Å². The lowest BCUT2D eigenvalue weighted by Crippen LogP contribution is -2.55. The van der Waals surface area contributed by atoms with Crippen molar-refractivity contribution in [3.8, 4) is 5.75 Å². The fraction of sp³-hybridized carbons (Fsp3) is 0.480. The Morgan fingerprint density at radius 2 is 1.91 bits per heavy atom. The van der Waals surface area contributed by atoms with Gasteiger partial charge in [0, 0.05) is 41.0 Å². The lowest BCUT2D eigenvalue weighted by atomic mass is 9.60. The van der Waals surface area contributed by atoms with Crippen LogP contribution >= 0.6 is 11.6 Å². The first-order valence-corrected chi connectivity index (χ1v) is 11.7. The summed E-state index contributed by atoms with van der Waals surface area (Å²) in [6.45, 7) is 0.757. The molecule has 0 aromatic heterocycles. The van der Waals surface area contributed by atoms with Crippen molar-refractivity contribution in [1.29, 1.82) is 0 Å². The molecule has 2 aliphatic heterocycles. The molecule has 5 rings (SSSR count). The van der Waals surface area contributed by atoms with Crippen molar-refractivity contribution < 1.29 is 27.8 Å². The van der Waals surface area contributed by atoms with Crippen molar-refractivity contribution in [3.05, 3.63) is 64.2 Å². The van der Waals surface area contributed by atoms with Gasteiger partial charge in [-0.05, 0) is 55.5 Å². The molecule has 0 radical (unpaired) electrons. The van der Waals surface area contributed by atoms with Crippen molar-refractivity contribution in [2.24, 2.45) is 5.92 Å². The third-order valence-electron chi connectivity index (χ3n) is 6.97. The fourth-order valence-electron chi connectivity index (χ4n) is 5.20. The lowest BCUT2D eigenvalue weighted by Gasteiger charge is -2.51. The molecule has 3 atom stereocenters. The maximum atomic E-state index is 15.3. The number of ether oxygens (including phenoxy) is 3. The van der Waals surface area contributed by atoms with E-state index in [0.717, 1.165) is 24.5 Å². The SMILES string of the molecule is O=C(NC1CC1)OCC[C@H]1OCC[C@]2(Cc3ccc(Cl)cc3)c3c(F)ccc(F)c3OC[C@H]12. The zero-order valence-corrected chi connectivity index (χ0v) is 18.9. The number of halogens is 3. The molecule has 2 aromatic carbocycles. The third-order valence-corrected chi connectivity index (χ3v) is 7.22. The minimum absolute atomic E-state index is 0.0130. The minimum Gasteiger partial charge on any atom is -0.490 e. The van der Waals surface area contributed by atoms with E-state index < -0.39 is 23.1 Å². The molecule has 2 fully saturated rings. The molecule has 0 unspecified atom stereocenters. The first-order chi connectivity index (χ1) is 16.0. The van der Waals surface area contributed by atoms with E-state index >= 15 is 4.39 Å². The summed E-state index contributed by atoms with van der Waals surface area (Å²) in [7, 11) is 0. The van der Waals surface area contributed by atoms with Crippen LogP contribution in [0.3, 0.4) is 0 Å². The normalized spacial score (nSPS) is 26.0. The van der Waals surface area contributed by atoms with Crippen LogP contribution in [0.2, 0.25) is 5.02 Å². The second kappa shape index (κ2) is 9.11. The van der Waals surface area contributed by atoms with Crippen LogP contribution < -0.4 is 10.1 Å². The molecule has 33 heavy (non-hydrogen) atoms. The molecule has 0 bridgehead atoms. The van der Waals surface area contributed by atoms with E-state index in [-0.39, 0.29) is 42.6 Å². The number of rotatable bonds is 6. The van der Waals surface area contributed by atoms with Gasteiger partial charge >= 0.3 is 6.09 Å². The number of hydrogen-bond donors (Lipinski definition) is 1. The average molecular weight is 478 g/mol. The molecule has 1 aliphatic carbocycles. The van der Waals surface area contributed by atoms with Crippen molar-refractivity contribution in [1.82, 2.24) is 5.32 Å². The van der Waals surface area contributed by atoms with Crippen LogP contribution in [0.4, 0.5) is 13.6 Å². The number of nitrogens with one attached hydrogen (secondary N) is 1. The van der Waals surface area contributed by atoms with Crippen LogP contribution in [0.25, 0.3) is 0 Å². The van der Waals surface area contributed by atoms with Gasteiger partial charge in [0.2, 0.25) is 0 Å². The molecule has 3 aliphatic rings. The quantitative estimate of drug-likeness (QED) is 0.623. The molecule has 5 nitrogen and oxygen atoms in total. The predicted octanol–water partition coefficient (Wildman–Crippen LogP) is 5.17. The largest absolute Gasteiger partial charge is 0.490 e. The van der Waals surface area contributed by atoms with Gasteiger partial charge in [0.25, 0.3) is 0 Å². The number of benzene rings is 2. The predicted molar refractivity (Wildman–Crippen MR) is 119 cm³/mol. The maximum Gasteiger partial charge on any atom is 0.407 e. The molecule has 1 amide bonds. The van der Waals surface area contributed by atoms with Gasteiger partial charge in [0.1, 0.15) is 5.82 Å². The van der Waals surface area contributed by atoms with Crippen LogP contribution in [0.15, 0.2) is 36.4 Å². The molecule has 1 saturated carbocycles. The Balaban J connectivity index is 1.43. The first-order valence-electron chi connectivity index (χ1n) is 11.4. The maximum absolute atomic E-state index is 15.3. The number of carbonyl (C=O) groups excluding carboxylic acids is 1. The van der Waals surface area contributed by atoms with E-state index in [4.69, 9.17) is 25.8 Å². The van der Waals surface area contributed by atoms with Crippen molar-refractivity contribution >= 4 is 17.7 Å². The molecular weight excluding hydrogens is 452 g/mol. The van der Waals surface area contributed by atoms with E-state index in [9.17, 15) is 9.18 Å². The van der Waals surface area contributed by atoms with Crippen LogP contribution in [0.1, 0.15) is 36.8 Å². The Bertz CT molecular complexity index is 1030. The van der Waals surface area contributed by atoms with E-state index in [1.54, 1.807) is 12.1 Å². The van der Waals surface area contributed by atoms with Crippen LogP contribution in [0.5, 0.6) is 5.75 Å². The molecule has 2 aromatic rings. The number of alkyl carbamates (subject to hydrolysis) is 1.